The second kappa shape index (κ2) is 5.98. The molecule has 98 valence electrons. The van der Waals surface area contributed by atoms with Crippen LogP contribution in [0.5, 0.6) is 0 Å². The van der Waals surface area contributed by atoms with Crippen molar-refractivity contribution in [2.75, 3.05) is 19.7 Å². The van der Waals surface area contributed by atoms with Gasteiger partial charge in [0.05, 0.1) is 6.61 Å². The molecule has 1 amide bonds. The fourth-order valence-corrected chi connectivity index (χ4v) is 2.09. The van der Waals surface area contributed by atoms with E-state index in [-0.39, 0.29) is 12.5 Å². The van der Waals surface area contributed by atoms with Crippen molar-refractivity contribution in [3.05, 3.63) is 35.4 Å². The quantitative estimate of drug-likeness (QED) is 0.782. The molecule has 0 unspecified atom stereocenters. The number of carbonyl (C=O) groups is 1. The van der Waals surface area contributed by atoms with Crippen molar-refractivity contribution in [3.8, 4) is 0 Å². The number of aliphatic hydroxyl groups excluding tert-OH is 1. The third-order valence-electron chi connectivity index (χ3n) is 3.22. The van der Waals surface area contributed by atoms with Crippen LogP contribution in [0, 0.1) is 0 Å². The summed E-state index contributed by atoms with van der Waals surface area (Å²) in [6.45, 7) is 1.06. The standard InChI is InChI=1S/C14H20N2O2/c15-8-7-11-1-3-12(4-2-11)14(18)16(9-10-17)13-5-6-13/h1-4,13,17H,5-10,15H2. The van der Waals surface area contributed by atoms with Crippen LogP contribution in [0.4, 0.5) is 0 Å². The summed E-state index contributed by atoms with van der Waals surface area (Å²) in [5.74, 6) is 0.0193. The number of aliphatic hydroxyl groups is 1. The fraction of sp³-hybridized carbons (Fsp3) is 0.500. The normalized spacial score (nSPS) is 14.6. The van der Waals surface area contributed by atoms with Crippen molar-refractivity contribution in [2.45, 2.75) is 25.3 Å². The van der Waals surface area contributed by atoms with Crippen molar-refractivity contribution in [2.24, 2.45) is 5.73 Å². The van der Waals surface area contributed by atoms with Gasteiger partial charge >= 0.3 is 0 Å². The van der Waals surface area contributed by atoms with Gasteiger partial charge in [0.1, 0.15) is 0 Å². The van der Waals surface area contributed by atoms with Crippen molar-refractivity contribution >= 4 is 5.91 Å². The van der Waals surface area contributed by atoms with Gasteiger partial charge in [0.15, 0.2) is 0 Å². The maximum Gasteiger partial charge on any atom is 0.254 e. The first-order valence-corrected chi connectivity index (χ1v) is 6.47. The lowest BCUT2D eigenvalue weighted by atomic mass is 10.1. The van der Waals surface area contributed by atoms with Gasteiger partial charge < -0.3 is 15.7 Å². The molecule has 18 heavy (non-hydrogen) atoms. The minimum Gasteiger partial charge on any atom is -0.395 e. The van der Waals surface area contributed by atoms with Crippen LogP contribution < -0.4 is 5.73 Å². The Morgan fingerprint density at radius 2 is 2.00 bits per heavy atom. The Bertz CT molecular complexity index is 399. The number of amides is 1. The third-order valence-corrected chi connectivity index (χ3v) is 3.22. The molecule has 4 nitrogen and oxygen atoms in total. The van der Waals surface area contributed by atoms with Crippen LogP contribution in [-0.2, 0) is 6.42 Å². The monoisotopic (exact) mass is 248 g/mol. The van der Waals surface area contributed by atoms with E-state index in [0.717, 1.165) is 24.8 Å². The SMILES string of the molecule is NCCc1ccc(C(=O)N(CCO)C2CC2)cc1. The van der Waals surface area contributed by atoms with Gasteiger partial charge in [-0.05, 0) is 43.5 Å². The molecule has 1 aromatic carbocycles. The van der Waals surface area contributed by atoms with Crippen LogP contribution >= 0.6 is 0 Å². The average molecular weight is 248 g/mol. The van der Waals surface area contributed by atoms with Gasteiger partial charge in [-0.2, -0.15) is 0 Å². The molecule has 0 bridgehead atoms. The predicted molar refractivity (Wildman–Crippen MR) is 70.3 cm³/mol. The molecule has 1 aliphatic rings. The van der Waals surface area contributed by atoms with Crippen LogP contribution in [0.25, 0.3) is 0 Å². The Balaban J connectivity index is 2.06. The number of hydrogen-bond acceptors (Lipinski definition) is 3. The first kappa shape index (κ1) is 13.1. The highest BCUT2D eigenvalue weighted by Crippen LogP contribution is 2.27. The molecule has 1 fully saturated rings. The summed E-state index contributed by atoms with van der Waals surface area (Å²) in [5.41, 5.74) is 7.33. The van der Waals surface area contributed by atoms with Gasteiger partial charge in [-0.1, -0.05) is 12.1 Å². The number of rotatable bonds is 6. The summed E-state index contributed by atoms with van der Waals surface area (Å²) in [5, 5.41) is 9.02. The van der Waals surface area contributed by atoms with E-state index in [4.69, 9.17) is 10.8 Å². The van der Waals surface area contributed by atoms with Crippen molar-refractivity contribution in [1.29, 1.82) is 0 Å². The third kappa shape index (κ3) is 3.09. The lowest BCUT2D eigenvalue weighted by molar-refractivity contribution is 0.0707. The minimum absolute atomic E-state index is 0.0193. The highest BCUT2D eigenvalue weighted by atomic mass is 16.3. The minimum atomic E-state index is 0.0193. The highest BCUT2D eigenvalue weighted by Gasteiger charge is 2.32. The van der Waals surface area contributed by atoms with Crippen LogP contribution in [0.1, 0.15) is 28.8 Å². The molecule has 1 aromatic rings. The molecule has 0 aliphatic heterocycles. The Kier molecular flexibility index (Phi) is 4.33. The van der Waals surface area contributed by atoms with Gasteiger partial charge in [0, 0.05) is 18.2 Å². The maximum absolute atomic E-state index is 12.3. The van der Waals surface area contributed by atoms with Crippen molar-refractivity contribution < 1.29 is 9.90 Å². The number of carbonyl (C=O) groups excluding carboxylic acids is 1. The lowest BCUT2D eigenvalue weighted by Crippen LogP contribution is -2.35. The number of hydrogen-bond donors (Lipinski definition) is 2. The Morgan fingerprint density at radius 3 is 2.50 bits per heavy atom. The molecule has 0 saturated heterocycles. The van der Waals surface area contributed by atoms with Crippen LogP contribution in [-0.4, -0.2) is 41.7 Å². The van der Waals surface area contributed by atoms with Crippen molar-refractivity contribution in [3.63, 3.8) is 0 Å². The lowest BCUT2D eigenvalue weighted by Gasteiger charge is -2.21. The molecule has 0 heterocycles. The van der Waals surface area contributed by atoms with E-state index in [1.807, 2.05) is 24.3 Å². The maximum atomic E-state index is 12.3. The van der Waals surface area contributed by atoms with Gasteiger partial charge in [-0.25, -0.2) is 0 Å². The second-order valence-electron chi connectivity index (χ2n) is 4.69. The molecular formula is C14H20N2O2. The summed E-state index contributed by atoms with van der Waals surface area (Å²) in [6.07, 6.45) is 2.94. The summed E-state index contributed by atoms with van der Waals surface area (Å²) in [7, 11) is 0. The topological polar surface area (TPSA) is 66.6 Å². The molecule has 1 aliphatic carbocycles. The zero-order chi connectivity index (χ0) is 13.0. The molecule has 0 radical (unpaired) electrons. The largest absolute Gasteiger partial charge is 0.395 e. The van der Waals surface area contributed by atoms with E-state index in [1.54, 1.807) is 4.90 Å². The Labute approximate surface area is 107 Å². The predicted octanol–water partition coefficient (Wildman–Crippen LogP) is 0.785. The molecule has 0 aromatic heterocycles. The van der Waals surface area contributed by atoms with E-state index in [9.17, 15) is 4.79 Å². The zero-order valence-electron chi connectivity index (χ0n) is 10.5. The van der Waals surface area contributed by atoms with E-state index in [2.05, 4.69) is 0 Å². The van der Waals surface area contributed by atoms with Gasteiger partial charge in [-0.15, -0.1) is 0 Å². The highest BCUT2D eigenvalue weighted by molar-refractivity contribution is 5.94. The second-order valence-corrected chi connectivity index (χ2v) is 4.69. The van der Waals surface area contributed by atoms with E-state index < -0.39 is 0 Å². The summed E-state index contributed by atoms with van der Waals surface area (Å²) in [6, 6.07) is 7.92. The fourth-order valence-electron chi connectivity index (χ4n) is 2.09. The van der Waals surface area contributed by atoms with E-state index in [1.165, 1.54) is 0 Å². The van der Waals surface area contributed by atoms with Crippen LogP contribution in [0.3, 0.4) is 0 Å². The van der Waals surface area contributed by atoms with Crippen molar-refractivity contribution in [1.82, 2.24) is 4.90 Å². The number of nitrogens with two attached hydrogens (primary N) is 1. The summed E-state index contributed by atoms with van der Waals surface area (Å²) in [4.78, 5) is 14.1. The summed E-state index contributed by atoms with van der Waals surface area (Å²) < 4.78 is 0. The molecule has 0 spiro atoms. The number of benzene rings is 1. The first-order chi connectivity index (χ1) is 8.76. The molecular weight excluding hydrogens is 228 g/mol. The van der Waals surface area contributed by atoms with Gasteiger partial charge in [-0.3, -0.25) is 4.79 Å². The van der Waals surface area contributed by atoms with E-state index >= 15 is 0 Å². The van der Waals surface area contributed by atoms with Gasteiger partial charge in [0.25, 0.3) is 5.91 Å². The zero-order valence-corrected chi connectivity index (χ0v) is 10.5. The molecule has 4 heteroatoms. The Hall–Kier alpha value is -1.39. The molecule has 2 rings (SSSR count). The van der Waals surface area contributed by atoms with E-state index in [0.29, 0.717) is 24.7 Å². The first-order valence-electron chi connectivity index (χ1n) is 6.47. The molecule has 0 atom stereocenters. The molecule has 1 saturated carbocycles. The smallest absolute Gasteiger partial charge is 0.254 e. The summed E-state index contributed by atoms with van der Waals surface area (Å²) >= 11 is 0. The average Bonchev–Trinajstić information content (AvgIpc) is 3.21. The van der Waals surface area contributed by atoms with Gasteiger partial charge in [0.2, 0.25) is 0 Å². The van der Waals surface area contributed by atoms with Crippen LogP contribution in [0.15, 0.2) is 24.3 Å². The van der Waals surface area contributed by atoms with Crippen LogP contribution in [0.2, 0.25) is 0 Å². The Morgan fingerprint density at radius 1 is 1.33 bits per heavy atom. The number of nitrogens with zero attached hydrogens (tertiary/aromatic N) is 1. The molecule has 3 N–H and O–H groups in total.